The van der Waals surface area contributed by atoms with E-state index in [9.17, 15) is 9.59 Å². The molecule has 0 aliphatic rings. The average Bonchev–Trinajstić information content (AvgIpc) is 2.99. The molecule has 1 aromatic heterocycles. The summed E-state index contributed by atoms with van der Waals surface area (Å²) in [5, 5.41) is 0.0529. The van der Waals surface area contributed by atoms with Crippen LogP contribution in [0.2, 0.25) is 18.1 Å². The Morgan fingerprint density at radius 2 is 1.55 bits per heavy atom. The number of carbonyl (C=O) groups excluding carboxylic acids is 1. The SMILES string of the molecule is CC(C)N(CCO[Si](C)(C)C(C)(C)C)C(=O)c1nc(Cc2ccccc2-c2ccccc2)[nH]c(=O)c1OCc1ccccc1. The van der Waals surface area contributed by atoms with E-state index >= 15 is 0 Å². The number of aromatic amines is 1. The third kappa shape index (κ3) is 8.12. The molecule has 8 heteroatoms. The number of carbonyl (C=O) groups is 1. The van der Waals surface area contributed by atoms with Crippen molar-refractivity contribution in [2.75, 3.05) is 13.2 Å². The van der Waals surface area contributed by atoms with Crippen molar-refractivity contribution in [1.82, 2.24) is 14.9 Å². The molecule has 0 saturated heterocycles. The van der Waals surface area contributed by atoms with Crippen molar-refractivity contribution in [3.8, 4) is 16.9 Å². The summed E-state index contributed by atoms with van der Waals surface area (Å²) >= 11 is 0. The first kappa shape index (κ1) is 32.9. The normalized spacial score (nSPS) is 11.9. The van der Waals surface area contributed by atoms with Gasteiger partial charge in [0.15, 0.2) is 14.0 Å². The van der Waals surface area contributed by atoms with Crippen molar-refractivity contribution in [2.45, 2.75) is 71.8 Å². The maximum atomic E-state index is 14.2. The summed E-state index contributed by atoms with van der Waals surface area (Å²) in [6.07, 6.45) is 0.343. The van der Waals surface area contributed by atoms with Gasteiger partial charge in [0.25, 0.3) is 11.5 Å². The Kier molecular flexibility index (Phi) is 10.6. The Morgan fingerprint density at radius 1 is 0.932 bits per heavy atom. The molecule has 3 aromatic carbocycles. The number of H-pyrrole nitrogens is 1. The van der Waals surface area contributed by atoms with E-state index in [1.165, 1.54) is 0 Å². The molecule has 7 nitrogen and oxygen atoms in total. The molecule has 0 aliphatic carbocycles. The Morgan fingerprint density at radius 3 is 2.18 bits per heavy atom. The van der Waals surface area contributed by atoms with Gasteiger partial charge in [0.1, 0.15) is 12.4 Å². The molecular weight excluding hydrogens is 566 g/mol. The minimum Gasteiger partial charge on any atom is -0.481 e. The van der Waals surface area contributed by atoms with Gasteiger partial charge in [-0.2, -0.15) is 0 Å². The summed E-state index contributed by atoms with van der Waals surface area (Å²) in [6.45, 7) is 15.8. The second-order valence-corrected chi connectivity index (χ2v) is 17.7. The third-order valence-corrected chi connectivity index (χ3v) is 12.8. The van der Waals surface area contributed by atoms with E-state index in [1.807, 2.05) is 80.6 Å². The van der Waals surface area contributed by atoms with Crippen molar-refractivity contribution in [3.05, 3.63) is 118 Å². The predicted molar refractivity (Wildman–Crippen MR) is 180 cm³/mol. The van der Waals surface area contributed by atoms with Gasteiger partial charge in [-0.1, -0.05) is 106 Å². The minimum atomic E-state index is -2.01. The van der Waals surface area contributed by atoms with E-state index < -0.39 is 13.9 Å². The number of amides is 1. The molecule has 0 atom stereocenters. The molecule has 232 valence electrons. The van der Waals surface area contributed by atoms with Crippen LogP contribution in [-0.4, -0.2) is 48.3 Å². The number of benzene rings is 3. The van der Waals surface area contributed by atoms with Crippen molar-refractivity contribution in [1.29, 1.82) is 0 Å². The largest absolute Gasteiger partial charge is 0.481 e. The highest BCUT2D eigenvalue weighted by Crippen LogP contribution is 2.36. The van der Waals surface area contributed by atoms with Crippen molar-refractivity contribution in [2.24, 2.45) is 0 Å². The van der Waals surface area contributed by atoms with E-state index in [0.29, 0.717) is 25.4 Å². The molecule has 4 aromatic rings. The molecule has 1 amide bonds. The molecular formula is C36H45N3O4Si. The fourth-order valence-electron chi connectivity index (χ4n) is 4.70. The lowest BCUT2D eigenvalue weighted by Crippen LogP contribution is -2.45. The lowest BCUT2D eigenvalue weighted by molar-refractivity contribution is 0.0657. The molecule has 0 fully saturated rings. The molecule has 4 rings (SSSR count). The van der Waals surface area contributed by atoms with Crippen LogP contribution in [-0.2, 0) is 17.5 Å². The lowest BCUT2D eigenvalue weighted by atomic mass is 9.97. The monoisotopic (exact) mass is 611 g/mol. The summed E-state index contributed by atoms with van der Waals surface area (Å²) in [7, 11) is -2.01. The zero-order valence-electron chi connectivity index (χ0n) is 27.0. The maximum Gasteiger partial charge on any atom is 0.294 e. The molecule has 0 unspecified atom stereocenters. The highest BCUT2D eigenvalue weighted by atomic mass is 28.4. The first-order valence-corrected chi connectivity index (χ1v) is 18.2. The Bertz CT molecular complexity index is 1600. The van der Waals surface area contributed by atoms with Crippen LogP contribution in [0.3, 0.4) is 0 Å². The van der Waals surface area contributed by atoms with E-state index in [1.54, 1.807) is 4.90 Å². The van der Waals surface area contributed by atoms with Crippen molar-refractivity contribution < 1.29 is 14.0 Å². The maximum absolute atomic E-state index is 14.2. The van der Waals surface area contributed by atoms with Crippen LogP contribution < -0.4 is 10.3 Å². The van der Waals surface area contributed by atoms with Gasteiger partial charge in [-0.25, -0.2) is 4.98 Å². The Labute approximate surface area is 262 Å². The molecule has 1 heterocycles. The lowest BCUT2D eigenvalue weighted by Gasteiger charge is -2.37. The zero-order valence-corrected chi connectivity index (χ0v) is 28.0. The first-order valence-electron chi connectivity index (χ1n) is 15.3. The summed E-state index contributed by atoms with van der Waals surface area (Å²) in [5.74, 6) is -0.0319. The summed E-state index contributed by atoms with van der Waals surface area (Å²) in [5.41, 5.74) is 3.51. The molecule has 0 radical (unpaired) electrons. The van der Waals surface area contributed by atoms with Crippen LogP contribution in [0.1, 0.15) is 62.1 Å². The van der Waals surface area contributed by atoms with Crippen LogP contribution in [0.15, 0.2) is 89.7 Å². The fraction of sp³-hybridized carbons (Fsp3) is 0.361. The van der Waals surface area contributed by atoms with E-state index in [4.69, 9.17) is 14.1 Å². The number of nitrogens with zero attached hydrogens (tertiary/aromatic N) is 2. The first-order chi connectivity index (χ1) is 20.9. The van der Waals surface area contributed by atoms with Gasteiger partial charge in [0.2, 0.25) is 5.75 Å². The van der Waals surface area contributed by atoms with Crippen LogP contribution in [0.5, 0.6) is 5.75 Å². The zero-order chi connectivity index (χ0) is 31.9. The van der Waals surface area contributed by atoms with Gasteiger partial charge in [0.05, 0.1) is 6.61 Å². The second kappa shape index (κ2) is 14.2. The number of hydrogen-bond donors (Lipinski definition) is 1. The van der Waals surface area contributed by atoms with Gasteiger partial charge in [-0.3, -0.25) is 9.59 Å². The molecule has 1 N–H and O–H groups in total. The number of aromatic nitrogens is 2. The van der Waals surface area contributed by atoms with Crippen LogP contribution in [0, 0.1) is 0 Å². The Hall–Kier alpha value is -4.01. The number of ether oxygens (including phenoxy) is 1. The summed E-state index contributed by atoms with van der Waals surface area (Å²) < 4.78 is 12.4. The van der Waals surface area contributed by atoms with Crippen molar-refractivity contribution in [3.63, 3.8) is 0 Å². The highest BCUT2D eigenvalue weighted by molar-refractivity contribution is 6.74. The Balaban J connectivity index is 1.69. The molecule has 0 saturated carbocycles. The third-order valence-electron chi connectivity index (χ3n) is 8.30. The second-order valence-electron chi connectivity index (χ2n) is 12.9. The number of hydrogen-bond acceptors (Lipinski definition) is 5. The topological polar surface area (TPSA) is 84.5 Å². The number of rotatable bonds is 12. The van der Waals surface area contributed by atoms with Gasteiger partial charge in [0, 0.05) is 19.0 Å². The molecule has 0 spiro atoms. The van der Waals surface area contributed by atoms with Gasteiger partial charge >= 0.3 is 0 Å². The van der Waals surface area contributed by atoms with Crippen LogP contribution >= 0.6 is 0 Å². The summed E-state index contributed by atoms with van der Waals surface area (Å²) in [6, 6.07) is 27.5. The minimum absolute atomic E-state index is 0.0119. The predicted octanol–water partition coefficient (Wildman–Crippen LogP) is 7.48. The smallest absolute Gasteiger partial charge is 0.294 e. The molecule has 0 aliphatic heterocycles. The quantitative estimate of drug-likeness (QED) is 0.168. The average molecular weight is 612 g/mol. The molecule has 0 bridgehead atoms. The van der Waals surface area contributed by atoms with Crippen LogP contribution in [0.25, 0.3) is 11.1 Å². The van der Waals surface area contributed by atoms with E-state index in [2.05, 4.69) is 57.0 Å². The van der Waals surface area contributed by atoms with Crippen LogP contribution in [0.4, 0.5) is 0 Å². The van der Waals surface area contributed by atoms with Gasteiger partial charge in [-0.15, -0.1) is 0 Å². The highest BCUT2D eigenvalue weighted by Gasteiger charge is 2.37. The van der Waals surface area contributed by atoms with Gasteiger partial charge < -0.3 is 19.0 Å². The molecule has 44 heavy (non-hydrogen) atoms. The fourth-order valence-corrected chi connectivity index (χ4v) is 5.74. The van der Waals surface area contributed by atoms with Gasteiger partial charge in [-0.05, 0) is 54.2 Å². The summed E-state index contributed by atoms with van der Waals surface area (Å²) in [4.78, 5) is 37.2. The number of nitrogens with one attached hydrogen (secondary N) is 1. The van der Waals surface area contributed by atoms with E-state index in [-0.39, 0.29) is 35.0 Å². The van der Waals surface area contributed by atoms with E-state index in [0.717, 1.165) is 22.3 Å². The van der Waals surface area contributed by atoms with Crippen molar-refractivity contribution >= 4 is 14.2 Å². The standard InChI is InChI=1S/C36H45N3O4Si/c1-26(2)39(22-23-43-44(6,7)36(3,4)5)35(41)32-33(42-25-27-16-10-8-11-17-27)34(40)38-31(37-32)24-29-20-14-15-21-30(29)28-18-12-9-13-19-28/h8-21,26H,22-25H2,1-7H3,(H,37,38,40).